The summed E-state index contributed by atoms with van der Waals surface area (Å²) in [7, 11) is 3.94. The number of nitrogens with zero attached hydrogens (tertiary/aromatic N) is 2. The molecule has 1 amide bonds. The van der Waals surface area contributed by atoms with Gasteiger partial charge in [-0.05, 0) is 38.4 Å². The Morgan fingerprint density at radius 2 is 2.05 bits per heavy atom. The number of carbonyl (C=O) groups is 1. The van der Waals surface area contributed by atoms with Gasteiger partial charge in [0.1, 0.15) is 5.82 Å². The first-order valence-corrected chi connectivity index (χ1v) is 7.58. The van der Waals surface area contributed by atoms with E-state index < -0.39 is 0 Å². The second kappa shape index (κ2) is 8.22. The lowest BCUT2D eigenvalue weighted by molar-refractivity contribution is 0.00563. The van der Waals surface area contributed by atoms with E-state index in [1.54, 1.807) is 4.90 Å². The number of hydrogen-bond donors (Lipinski definition) is 1. The van der Waals surface area contributed by atoms with Crippen molar-refractivity contribution in [3.8, 4) is 0 Å². The topological polar surface area (TPSA) is 44.8 Å². The number of amides is 1. The minimum absolute atomic E-state index is 0.000288. The summed E-state index contributed by atoms with van der Waals surface area (Å²) in [6.07, 6.45) is 0.000288. The molecule has 1 heterocycles. The molecule has 0 bridgehead atoms. The molecular formula is C16H24FN3O2. The monoisotopic (exact) mass is 309 g/mol. The van der Waals surface area contributed by atoms with Gasteiger partial charge in [-0.1, -0.05) is 0 Å². The van der Waals surface area contributed by atoms with E-state index in [1.807, 2.05) is 19.0 Å². The number of morpholine rings is 1. The molecule has 0 spiro atoms. The van der Waals surface area contributed by atoms with Gasteiger partial charge in [-0.15, -0.1) is 0 Å². The molecule has 1 saturated heterocycles. The Hall–Kier alpha value is -1.50. The number of likely N-dealkylation sites (N-methyl/N-ethyl adjacent to an activating group) is 1. The second-order valence-corrected chi connectivity index (χ2v) is 5.76. The number of halogens is 1. The Bertz CT molecular complexity index is 473. The molecule has 1 fully saturated rings. The summed E-state index contributed by atoms with van der Waals surface area (Å²) in [5.74, 6) is -0.424. The minimum Gasteiger partial charge on any atom is -0.374 e. The summed E-state index contributed by atoms with van der Waals surface area (Å²) in [5, 5.41) is 3.27. The van der Waals surface area contributed by atoms with E-state index in [0.29, 0.717) is 25.3 Å². The van der Waals surface area contributed by atoms with Crippen molar-refractivity contribution in [2.24, 2.45) is 0 Å². The zero-order valence-electron chi connectivity index (χ0n) is 13.2. The van der Waals surface area contributed by atoms with Crippen LogP contribution in [0, 0.1) is 5.82 Å². The third-order valence-electron chi connectivity index (χ3n) is 3.62. The average Bonchev–Trinajstić information content (AvgIpc) is 2.52. The largest absolute Gasteiger partial charge is 0.374 e. The maximum Gasteiger partial charge on any atom is 0.253 e. The lowest BCUT2D eigenvalue weighted by Crippen LogP contribution is -2.48. The van der Waals surface area contributed by atoms with Crippen LogP contribution in [0.3, 0.4) is 0 Å². The van der Waals surface area contributed by atoms with Gasteiger partial charge in [0, 0.05) is 38.3 Å². The third kappa shape index (κ3) is 5.05. The molecule has 1 aromatic rings. The van der Waals surface area contributed by atoms with Gasteiger partial charge in [0.2, 0.25) is 0 Å². The van der Waals surface area contributed by atoms with Gasteiger partial charge in [0.25, 0.3) is 5.91 Å². The first-order valence-electron chi connectivity index (χ1n) is 7.58. The highest BCUT2D eigenvalue weighted by atomic mass is 19.1. The third-order valence-corrected chi connectivity index (χ3v) is 3.62. The number of carbonyl (C=O) groups excluding carboxylic acids is 1. The molecular weight excluding hydrogens is 285 g/mol. The van der Waals surface area contributed by atoms with Crippen LogP contribution in [-0.2, 0) is 4.74 Å². The smallest absolute Gasteiger partial charge is 0.253 e. The zero-order chi connectivity index (χ0) is 15.9. The van der Waals surface area contributed by atoms with Crippen molar-refractivity contribution in [1.29, 1.82) is 0 Å². The molecule has 1 unspecified atom stereocenters. The van der Waals surface area contributed by atoms with Gasteiger partial charge in [-0.3, -0.25) is 4.79 Å². The maximum atomic E-state index is 13.0. The molecule has 1 atom stereocenters. The molecule has 22 heavy (non-hydrogen) atoms. The Balaban J connectivity index is 2.04. The Morgan fingerprint density at radius 3 is 2.64 bits per heavy atom. The van der Waals surface area contributed by atoms with Gasteiger partial charge in [-0.25, -0.2) is 4.39 Å². The summed E-state index contributed by atoms with van der Waals surface area (Å²) >= 11 is 0. The number of hydrogen-bond acceptors (Lipinski definition) is 4. The number of rotatable bonds is 6. The van der Waals surface area contributed by atoms with Crippen molar-refractivity contribution in [3.63, 3.8) is 0 Å². The molecule has 0 aliphatic carbocycles. The van der Waals surface area contributed by atoms with Crippen molar-refractivity contribution in [3.05, 3.63) is 35.6 Å². The molecule has 1 aliphatic rings. The quantitative estimate of drug-likeness (QED) is 0.845. The lowest BCUT2D eigenvalue weighted by Gasteiger charge is -2.31. The number of nitrogens with one attached hydrogen (secondary N) is 1. The van der Waals surface area contributed by atoms with E-state index in [0.717, 1.165) is 19.6 Å². The van der Waals surface area contributed by atoms with Gasteiger partial charge in [0.15, 0.2) is 0 Å². The standard InChI is InChI=1S/C16H24FN3O2/c1-19(2)8-9-20(12-15-11-18-7-10-22-15)16(21)13-3-5-14(17)6-4-13/h3-6,15,18H,7-12H2,1-2H3. The predicted octanol–water partition coefficient (Wildman–Crippen LogP) is 0.818. The molecule has 0 saturated carbocycles. The average molecular weight is 309 g/mol. The molecule has 0 aromatic heterocycles. The summed E-state index contributed by atoms with van der Waals surface area (Å²) in [6, 6.07) is 5.69. The van der Waals surface area contributed by atoms with Crippen LogP contribution < -0.4 is 5.32 Å². The lowest BCUT2D eigenvalue weighted by atomic mass is 10.1. The molecule has 0 radical (unpaired) electrons. The highest BCUT2D eigenvalue weighted by molar-refractivity contribution is 5.94. The Morgan fingerprint density at radius 1 is 1.32 bits per heavy atom. The molecule has 1 N–H and O–H groups in total. The molecule has 1 aliphatic heterocycles. The number of ether oxygens (including phenoxy) is 1. The predicted molar refractivity (Wildman–Crippen MR) is 83.5 cm³/mol. The van der Waals surface area contributed by atoms with Crippen molar-refractivity contribution < 1.29 is 13.9 Å². The van der Waals surface area contributed by atoms with Crippen LogP contribution in [0.1, 0.15) is 10.4 Å². The summed E-state index contributed by atoms with van der Waals surface area (Å²) in [4.78, 5) is 16.5. The van der Waals surface area contributed by atoms with Crippen LogP contribution in [0.15, 0.2) is 24.3 Å². The normalized spacial score (nSPS) is 18.5. The van der Waals surface area contributed by atoms with E-state index >= 15 is 0 Å². The fraction of sp³-hybridized carbons (Fsp3) is 0.562. The van der Waals surface area contributed by atoms with Crippen molar-refractivity contribution in [2.75, 3.05) is 53.4 Å². The van der Waals surface area contributed by atoms with E-state index in [9.17, 15) is 9.18 Å². The summed E-state index contributed by atoms with van der Waals surface area (Å²) in [5.41, 5.74) is 0.504. The fourth-order valence-corrected chi connectivity index (χ4v) is 2.35. The SMILES string of the molecule is CN(C)CCN(CC1CNCCO1)C(=O)c1ccc(F)cc1. The van der Waals surface area contributed by atoms with Gasteiger partial charge >= 0.3 is 0 Å². The summed E-state index contributed by atoms with van der Waals surface area (Å²) < 4.78 is 18.7. The van der Waals surface area contributed by atoms with Crippen molar-refractivity contribution in [2.45, 2.75) is 6.10 Å². The second-order valence-electron chi connectivity index (χ2n) is 5.76. The molecule has 122 valence electrons. The Labute approximate surface area is 131 Å². The van der Waals surface area contributed by atoms with E-state index in [2.05, 4.69) is 5.32 Å². The van der Waals surface area contributed by atoms with Crippen LogP contribution >= 0.6 is 0 Å². The Kier molecular flexibility index (Phi) is 6.30. The van der Waals surface area contributed by atoms with Gasteiger partial charge < -0.3 is 19.9 Å². The highest BCUT2D eigenvalue weighted by Gasteiger charge is 2.22. The van der Waals surface area contributed by atoms with Crippen molar-refractivity contribution in [1.82, 2.24) is 15.1 Å². The van der Waals surface area contributed by atoms with Crippen LogP contribution in [0.4, 0.5) is 4.39 Å². The first kappa shape index (κ1) is 16.9. The van der Waals surface area contributed by atoms with Crippen molar-refractivity contribution >= 4 is 5.91 Å². The van der Waals surface area contributed by atoms with Gasteiger partial charge in [-0.2, -0.15) is 0 Å². The maximum absolute atomic E-state index is 13.0. The molecule has 6 heteroatoms. The van der Waals surface area contributed by atoms with Crippen LogP contribution in [-0.4, -0.2) is 75.2 Å². The molecule has 2 rings (SSSR count). The summed E-state index contributed by atoms with van der Waals surface area (Å²) in [6.45, 7) is 4.18. The zero-order valence-corrected chi connectivity index (χ0v) is 13.2. The van der Waals surface area contributed by atoms with E-state index in [-0.39, 0.29) is 17.8 Å². The van der Waals surface area contributed by atoms with Crippen LogP contribution in [0.5, 0.6) is 0 Å². The fourth-order valence-electron chi connectivity index (χ4n) is 2.35. The number of benzene rings is 1. The van der Waals surface area contributed by atoms with E-state index in [1.165, 1.54) is 24.3 Å². The van der Waals surface area contributed by atoms with Crippen LogP contribution in [0.25, 0.3) is 0 Å². The van der Waals surface area contributed by atoms with E-state index in [4.69, 9.17) is 4.74 Å². The first-order chi connectivity index (χ1) is 10.6. The molecule has 1 aromatic carbocycles. The van der Waals surface area contributed by atoms with Gasteiger partial charge in [0.05, 0.1) is 12.7 Å². The van der Waals surface area contributed by atoms with Crippen LogP contribution in [0.2, 0.25) is 0 Å². The molecule has 5 nitrogen and oxygen atoms in total. The highest BCUT2D eigenvalue weighted by Crippen LogP contribution is 2.09. The minimum atomic E-state index is -0.337.